The maximum atomic E-state index is 11.5. The van der Waals surface area contributed by atoms with Crippen LogP contribution in [0.25, 0.3) is 0 Å². The number of aliphatic hydroxyl groups excluding tert-OH is 1. The molecule has 1 atom stereocenters. The number of carbonyl (C=O) groups is 1. The number of anilines is 1. The maximum absolute atomic E-state index is 11.5. The Kier molecular flexibility index (Phi) is 4.13. The molecule has 0 saturated carbocycles. The van der Waals surface area contributed by atoms with E-state index in [0.29, 0.717) is 0 Å². The van der Waals surface area contributed by atoms with E-state index in [1.807, 2.05) is 35.0 Å². The van der Waals surface area contributed by atoms with E-state index in [1.54, 1.807) is 0 Å². The minimum absolute atomic E-state index is 0.206. The predicted molar refractivity (Wildman–Crippen MR) is 70.6 cm³/mol. The molecule has 0 spiro atoms. The fraction of sp³-hybridized carbons (Fsp3) is 0.182. The van der Waals surface area contributed by atoms with Gasteiger partial charge in [-0.05, 0) is 29.0 Å². The minimum Gasteiger partial charge on any atom is -0.386 e. The molecular weight excluding hydrogens is 256 g/mol. The molecule has 0 aliphatic rings. The van der Waals surface area contributed by atoms with Gasteiger partial charge in [0.1, 0.15) is 6.10 Å². The molecule has 90 valence electrons. The normalized spacial score (nSPS) is 12.1. The Balaban J connectivity index is 1.76. The van der Waals surface area contributed by atoms with Crippen LogP contribution in [0.5, 0.6) is 0 Å². The first kappa shape index (κ1) is 12.1. The van der Waals surface area contributed by atoms with E-state index in [2.05, 4.69) is 10.6 Å². The van der Waals surface area contributed by atoms with Crippen LogP contribution in [0.2, 0.25) is 0 Å². The van der Waals surface area contributed by atoms with E-state index in [4.69, 9.17) is 0 Å². The molecule has 0 aliphatic heterocycles. The predicted octanol–water partition coefficient (Wildman–Crippen LogP) is 2.66. The van der Waals surface area contributed by atoms with Crippen LogP contribution < -0.4 is 10.6 Å². The van der Waals surface area contributed by atoms with Crippen LogP contribution in [0.1, 0.15) is 11.0 Å². The molecule has 0 radical (unpaired) electrons. The number of carbonyl (C=O) groups excluding carboxylic acids is 1. The van der Waals surface area contributed by atoms with E-state index in [1.165, 1.54) is 22.7 Å². The molecule has 0 aromatic carbocycles. The summed E-state index contributed by atoms with van der Waals surface area (Å²) in [4.78, 5) is 12.3. The Morgan fingerprint density at radius 1 is 1.29 bits per heavy atom. The number of rotatable bonds is 4. The van der Waals surface area contributed by atoms with E-state index in [0.717, 1.165) is 9.88 Å². The summed E-state index contributed by atoms with van der Waals surface area (Å²) in [6.07, 6.45) is -0.649. The summed E-state index contributed by atoms with van der Waals surface area (Å²) in [6.45, 7) is 0.206. The van der Waals surface area contributed by atoms with Crippen molar-refractivity contribution in [3.8, 4) is 0 Å². The van der Waals surface area contributed by atoms with Crippen molar-refractivity contribution in [1.29, 1.82) is 0 Å². The summed E-state index contributed by atoms with van der Waals surface area (Å²) in [7, 11) is 0. The number of thiophene rings is 2. The highest BCUT2D eigenvalue weighted by atomic mass is 32.1. The average molecular weight is 268 g/mol. The molecule has 6 heteroatoms. The quantitative estimate of drug-likeness (QED) is 0.798. The molecule has 3 N–H and O–H groups in total. The van der Waals surface area contributed by atoms with Gasteiger partial charge in [-0.25, -0.2) is 4.79 Å². The summed E-state index contributed by atoms with van der Waals surface area (Å²) in [5.41, 5.74) is 0. The topological polar surface area (TPSA) is 61.4 Å². The van der Waals surface area contributed by atoms with Gasteiger partial charge < -0.3 is 10.4 Å². The second-order valence-corrected chi connectivity index (χ2v) is 5.27. The van der Waals surface area contributed by atoms with Crippen molar-refractivity contribution in [2.45, 2.75) is 6.10 Å². The Morgan fingerprint density at radius 3 is 2.71 bits per heavy atom. The van der Waals surface area contributed by atoms with Crippen LogP contribution in [0.4, 0.5) is 9.80 Å². The largest absolute Gasteiger partial charge is 0.386 e. The molecule has 2 heterocycles. The minimum atomic E-state index is -0.649. The van der Waals surface area contributed by atoms with Gasteiger partial charge in [-0.1, -0.05) is 6.07 Å². The van der Waals surface area contributed by atoms with Gasteiger partial charge in [0.25, 0.3) is 0 Å². The highest BCUT2D eigenvalue weighted by Crippen LogP contribution is 2.18. The van der Waals surface area contributed by atoms with E-state index in [9.17, 15) is 9.90 Å². The highest BCUT2D eigenvalue weighted by molar-refractivity contribution is 7.14. The van der Waals surface area contributed by atoms with Gasteiger partial charge in [-0.3, -0.25) is 5.32 Å². The third-order valence-electron chi connectivity index (χ3n) is 2.09. The monoisotopic (exact) mass is 268 g/mol. The van der Waals surface area contributed by atoms with Crippen LogP contribution in [0, 0.1) is 0 Å². The fourth-order valence-electron chi connectivity index (χ4n) is 1.28. The lowest BCUT2D eigenvalue weighted by molar-refractivity contribution is 0.178. The Labute approximate surface area is 107 Å². The average Bonchev–Trinajstić information content (AvgIpc) is 2.97. The molecule has 0 bridgehead atoms. The lowest BCUT2D eigenvalue weighted by Gasteiger charge is -2.10. The summed E-state index contributed by atoms with van der Waals surface area (Å²) in [5, 5.41) is 19.6. The molecule has 2 amide bonds. The molecular formula is C11H12N2O2S2. The lowest BCUT2D eigenvalue weighted by Crippen LogP contribution is -2.31. The van der Waals surface area contributed by atoms with Gasteiger partial charge in [0.05, 0.1) is 11.5 Å². The number of hydrogen-bond acceptors (Lipinski definition) is 4. The number of amides is 2. The van der Waals surface area contributed by atoms with E-state index < -0.39 is 6.10 Å². The van der Waals surface area contributed by atoms with Crippen molar-refractivity contribution in [3.63, 3.8) is 0 Å². The zero-order valence-corrected chi connectivity index (χ0v) is 10.6. The van der Waals surface area contributed by atoms with Crippen LogP contribution in [0.15, 0.2) is 35.0 Å². The first-order valence-electron chi connectivity index (χ1n) is 5.05. The van der Waals surface area contributed by atoms with Crippen LogP contribution >= 0.6 is 22.7 Å². The standard InChI is InChI=1S/C11H12N2O2S2/c14-8(9-3-1-5-16-9)7-12-11(15)13-10-4-2-6-17-10/h1-6,8,14H,7H2,(H2,12,13,15). The fourth-order valence-corrected chi connectivity index (χ4v) is 2.60. The third kappa shape index (κ3) is 3.55. The Bertz CT molecular complexity index is 454. The Hall–Kier alpha value is -1.37. The van der Waals surface area contributed by atoms with Gasteiger partial charge in [0.2, 0.25) is 0 Å². The number of aliphatic hydroxyl groups is 1. The van der Waals surface area contributed by atoms with Crippen molar-refractivity contribution < 1.29 is 9.90 Å². The first-order chi connectivity index (χ1) is 8.25. The first-order valence-corrected chi connectivity index (χ1v) is 6.81. The summed E-state index contributed by atoms with van der Waals surface area (Å²) in [6, 6.07) is 7.09. The maximum Gasteiger partial charge on any atom is 0.319 e. The summed E-state index contributed by atoms with van der Waals surface area (Å²) >= 11 is 2.92. The van der Waals surface area contributed by atoms with Gasteiger partial charge >= 0.3 is 6.03 Å². The van der Waals surface area contributed by atoms with Crippen LogP contribution in [-0.2, 0) is 0 Å². The smallest absolute Gasteiger partial charge is 0.319 e. The van der Waals surface area contributed by atoms with Crippen LogP contribution in [-0.4, -0.2) is 17.7 Å². The molecule has 0 aliphatic carbocycles. The zero-order valence-electron chi connectivity index (χ0n) is 8.92. The molecule has 2 rings (SSSR count). The summed E-state index contributed by atoms with van der Waals surface area (Å²) in [5.74, 6) is 0. The highest BCUT2D eigenvalue weighted by Gasteiger charge is 2.10. The van der Waals surface area contributed by atoms with E-state index >= 15 is 0 Å². The van der Waals surface area contributed by atoms with Crippen molar-refractivity contribution in [3.05, 3.63) is 39.9 Å². The second-order valence-electron chi connectivity index (χ2n) is 3.34. The zero-order chi connectivity index (χ0) is 12.1. The molecule has 4 nitrogen and oxygen atoms in total. The SMILES string of the molecule is O=C(NCC(O)c1cccs1)Nc1cccs1. The summed E-state index contributed by atoms with van der Waals surface area (Å²) < 4.78 is 0. The number of urea groups is 1. The van der Waals surface area contributed by atoms with Gasteiger partial charge in [-0.2, -0.15) is 0 Å². The van der Waals surface area contributed by atoms with E-state index in [-0.39, 0.29) is 12.6 Å². The third-order valence-corrected chi connectivity index (χ3v) is 3.84. The van der Waals surface area contributed by atoms with Crippen molar-refractivity contribution in [2.24, 2.45) is 0 Å². The lowest BCUT2D eigenvalue weighted by atomic mass is 10.3. The molecule has 17 heavy (non-hydrogen) atoms. The number of nitrogens with one attached hydrogen (secondary N) is 2. The molecule has 0 fully saturated rings. The second kappa shape index (κ2) is 5.81. The van der Waals surface area contributed by atoms with Gasteiger partial charge in [-0.15, -0.1) is 22.7 Å². The Morgan fingerprint density at radius 2 is 2.06 bits per heavy atom. The van der Waals surface area contributed by atoms with Gasteiger partial charge in [0, 0.05) is 4.88 Å². The molecule has 0 saturated heterocycles. The van der Waals surface area contributed by atoms with Crippen molar-refractivity contribution in [1.82, 2.24) is 5.32 Å². The van der Waals surface area contributed by atoms with Gasteiger partial charge in [0.15, 0.2) is 0 Å². The molecule has 1 unspecified atom stereocenters. The van der Waals surface area contributed by atoms with Crippen LogP contribution in [0.3, 0.4) is 0 Å². The number of hydrogen-bond donors (Lipinski definition) is 3. The van der Waals surface area contributed by atoms with Crippen molar-refractivity contribution in [2.75, 3.05) is 11.9 Å². The van der Waals surface area contributed by atoms with Crippen molar-refractivity contribution >= 4 is 33.7 Å². The molecule has 2 aromatic heterocycles. The molecule has 2 aromatic rings.